The summed E-state index contributed by atoms with van der Waals surface area (Å²) in [7, 11) is 0. The molecule has 2 aromatic carbocycles. The maximum atomic E-state index is 13.7. The molecule has 3 N–H and O–H groups in total. The molecule has 2 aromatic rings. The molecule has 2 aliphatic rings. The summed E-state index contributed by atoms with van der Waals surface area (Å²) in [5.74, 6) is 0.431. The van der Waals surface area contributed by atoms with Gasteiger partial charge in [-0.3, -0.25) is 14.8 Å². The van der Waals surface area contributed by atoms with Crippen LogP contribution >= 0.6 is 0 Å². The Morgan fingerprint density at radius 3 is 2.49 bits per heavy atom. The fourth-order valence-electron chi connectivity index (χ4n) is 5.22. The Hall–Kier alpha value is -2.90. The number of amides is 2. The van der Waals surface area contributed by atoms with Crippen LogP contribution in [-0.2, 0) is 16.1 Å². The number of ether oxygens (including phenoxy) is 1. The van der Waals surface area contributed by atoms with Crippen LogP contribution < -0.4 is 20.4 Å². The zero-order valence-corrected chi connectivity index (χ0v) is 20.7. The quantitative estimate of drug-likeness (QED) is 0.386. The van der Waals surface area contributed by atoms with E-state index >= 15 is 0 Å². The fourth-order valence-corrected chi connectivity index (χ4v) is 5.22. The summed E-state index contributed by atoms with van der Waals surface area (Å²) in [5, 5.41) is 12.6. The minimum atomic E-state index is -0.602. The molecule has 2 atom stereocenters. The van der Waals surface area contributed by atoms with Crippen molar-refractivity contribution in [3.05, 3.63) is 59.7 Å². The smallest absolute Gasteiger partial charge is 0.248 e. The molecule has 4 rings (SSSR count). The van der Waals surface area contributed by atoms with Gasteiger partial charge in [-0.2, -0.15) is 0 Å². The van der Waals surface area contributed by atoms with Gasteiger partial charge in [0.25, 0.3) is 0 Å². The molecule has 0 unspecified atom stereocenters. The lowest BCUT2D eigenvalue weighted by Crippen LogP contribution is -2.51. The highest BCUT2D eigenvalue weighted by Gasteiger charge is 2.34. The van der Waals surface area contributed by atoms with Crippen molar-refractivity contribution in [3.8, 4) is 5.75 Å². The molecular formula is C28H37N3O4. The number of carbonyl (C=O) groups is 2. The number of anilines is 1. The lowest BCUT2D eigenvalue weighted by molar-refractivity contribution is -0.136. The number of carbonyl (C=O) groups excluding carboxylic acids is 2. The average Bonchev–Trinajstić information content (AvgIpc) is 3.01. The SMILES string of the molecule is CC(C)c1ccc(CN2C(=O)[C@@H](NC[C@H](C(=O)NO)C3CCCCC3)COc3ccccc32)cc1. The Morgan fingerprint density at radius 1 is 1.09 bits per heavy atom. The van der Waals surface area contributed by atoms with Crippen molar-refractivity contribution in [2.75, 3.05) is 18.1 Å². The number of hydrogen-bond donors (Lipinski definition) is 3. The molecule has 7 heteroatoms. The maximum Gasteiger partial charge on any atom is 0.248 e. The first-order valence-electron chi connectivity index (χ1n) is 12.8. The second-order valence-electron chi connectivity index (χ2n) is 10.0. The lowest BCUT2D eigenvalue weighted by atomic mass is 9.79. The minimum absolute atomic E-state index is 0.0883. The molecule has 0 bridgehead atoms. The van der Waals surface area contributed by atoms with E-state index in [1.54, 1.807) is 4.90 Å². The van der Waals surface area contributed by atoms with Crippen LogP contribution in [-0.4, -0.2) is 36.2 Å². The van der Waals surface area contributed by atoms with E-state index in [0.29, 0.717) is 24.8 Å². The van der Waals surface area contributed by atoms with Crippen LogP contribution in [0, 0.1) is 11.8 Å². The average molecular weight is 480 g/mol. The van der Waals surface area contributed by atoms with E-state index in [4.69, 9.17) is 4.74 Å². The summed E-state index contributed by atoms with van der Waals surface area (Å²) in [4.78, 5) is 28.0. The van der Waals surface area contributed by atoms with Crippen molar-refractivity contribution in [1.29, 1.82) is 0 Å². The number of hydrogen-bond acceptors (Lipinski definition) is 5. The van der Waals surface area contributed by atoms with Gasteiger partial charge in [-0.1, -0.05) is 69.5 Å². The second kappa shape index (κ2) is 11.7. The highest BCUT2D eigenvalue weighted by Crippen LogP contribution is 2.33. The molecule has 1 aliphatic carbocycles. The Bertz CT molecular complexity index is 1000. The highest BCUT2D eigenvalue weighted by atomic mass is 16.5. The van der Waals surface area contributed by atoms with Crippen LogP contribution in [0.3, 0.4) is 0 Å². The molecule has 7 nitrogen and oxygen atoms in total. The fraction of sp³-hybridized carbons (Fsp3) is 0.500. The Morgan fingerprint density at radius 2 is 1.80 bits per heavy atom. The number of nitrogens with zero attached hydrogens (tertiary/aromatic N) is 1. The van der Waals surface area contributed by atoms with E-state index in [2.05, 4.69) is 43.4 Å². The summed E-state index contributed by atoms with van der Waals surface area (Å²) < 4.78 is 6.04. The highest BCUT2D eigenvalue weighted by molar-refractivity contribution is 5.99. The van der Waals surface area contributed by atoms with Gasteiger partial charge in [-0.25, -0.2) is 5.48 Å². The Kier molecular flexibility index (Phi) is 8.42. The monoisotopic (exact) mass is 479 g/mol. The molecule has 2 amide bonds. The van der Waals surface area contributed by atoms with Gasteiger partial charge >= 0.3 is 0 Å². The predicted molar refractivity (Wildman–Crippen MR) is 135 cm³/mol. The third-order valence-corrected chi connectivity index (χ3v) is 7.36. The Balaban J connectivity index is 1.53. The van der Waals surface area contributed by atoms with Gasteiger partial charge < -0.3 is 15.0 Å². The van der Waals surface area contributed by atoms with Gasteiger partial charge in [0.15, 0.2) is 0 Å². The van der Waals surface area contributed by atoms with Crippen LogP contribution in [0.2, 0.25) is 0 Å². The standard InChI is InChI=1S/C28H37N3O4/c1-19(2)21-14-12-20(13-15-21)17-31-25-10-6-7-11-26(25)35-18-24(28(31)33)29-16-23(27(32)30-34)22-8-4-3-5-9-22/h6-7,10-15,19,22-24,29,34H,3-5,8-9,16-18H2,1-2H3,(H,30,32)/t23-,24-/m0/s1. The molecule has 1 aliphatic heterocycles. The van der Waals surface area contributed by atoms with Crippen molar-refractivity contribution in [1.82, 2.24) is 10.8 Å². The topological polar surface area (TPSA) is 90.9 Å². The molecule has 1 saturated carbocycles. The van der Waals surface area contributed by atoms with Crippen molar-refractivity contribution in [2.45, 2.75) is 64.5 Å². The zero-order chi connectivity index (χ0) is 24.8. The van der Waals surface area contributed by atoms with Crippen LogP contribution in [0.1, 0.15) is 63.0 Å². The van der Waals surface area contributed by atoms with Crippen molar-refractivity contribution < 1.29 is 19.5 Å². The van der Waals surface area contributed by atoms with Crippen molar-refractivity contribution in [3.63, 3.8) is 0 Å². The first-order valence-corrected chi connectivity index (χ1v) is 12.8. The predicted octanol–water partition coefficient (Wildman–Crippen LogP) is 4.40. The zero-order valence-electron chi connectivity index (χ0n) is 20.7. The molecule has 1 heterocycles. The van der Waals surface area contributed by atoms with E-state index in [1.165, 1.54) is 12.0 Å². The van der Waals surface area contributed by atoms with Gasteiger partial charge in [0.05, 0.1) is 18.2 Å². The molecule has 0 aromatic heterocycles. The van der Waals surface area contributed by atoms with Crippen molar-refractivity contribution in [2.24, 2.45) is 11.8 Å². The van der Waals surface area contributed by atoms with E-state index < -0.39 is 17.9 Å². The van der Waals surface area contributed by atoms with Crippen LogP contribution in [0.25, 0.3) is 0 Å². The first-order chi connectivity index (χ1) is 17.0. The van der Waals surface area contributed by atoms with E-state index in [-0.39, 0.29) is 18.4 Å². The van der Waals surface area contributed by atoms with E-state index in [9.17, 15) is 14.8 Å². The van der Waals surface area contributed by atoms with Gasteiger partial charge in [0.1, 0.15) is 18.4 Å². The summed E-state index contributed by atoms with van der Waals surface area (Å²) in [6.45, 7) is 5.24. The summed E-state index contributed by atoms with van der Waals surface area (Å²) in [6.07, 6.45) is 5.27. The molecule has 35 heavy (non-hydrogen) atoms. The largest absolute Gasteiger partial charge is 0.489 e. The summed E-state index contributed by atoms with van der Waals surface area (Å²) in [6, 6.07) is 15.4. The molecular weight excluding hydrogens is 442 g/mol. The van der Waals surface area contributed by atoms with Gasteiger partial charge in [-0.05, 0) is 47.9 Å². The number of benzene rings is 2. The second-order valence-corrected chi connectivity index (χ2v) is 10.0. The lowest BCUT2D eigenvalue weighted by Gasteiger charge is -2.30. The number of rotatable bonds is 8. The van der Waals surface area contributed by atoms with Crippen LogP contribution in [0.15, 0.2) is 48.5 Å². The summed E-state index contributed by atoms with van der Waals surface area (Å²) >= 11 is 0. The molecule has 188 valence electrons. The number of hydroxylamine groups is 1. The number of nitrogens with one attached hydrogen (secondary N) is 2. The molecule has 1 fully saturated rings. The molecule has 0 spiro atoms. The van der Waals surface area contributed by atoms with Crippen molar-refractivity contribution >= 4 is 17.5 Å². The van der Waals surface area contributed by atoms with Crippen LogP contribution in [0.5, 0.6) is 5.75 Å². The summed E-state index contributed by atoms with van der Waals surface area (Å²) in [5.41, 5.74) is 4.88. The first kappa shape index (κ1) is 25.2. The van der Waals surface area contributed by atoms with E-state index in [0.717, 1.165) is 36.9 Å². The molecule has 0 saturated heterocycles. The Labute approximate surface area is 207 Å². The number of fused-ring (bicyclic) bond motifs is 1. The van der Waals surface area contributed by atoms with E-state index in [1.807, 2.05) is 29.7 Å². The van der Waals surface area contributed by atoms with Gasteiger partial charge in [-0.15, -0.1) is 0 Å². The van der Waals surface area contributed by atoms with Gasteiger partial charge in [0.2, 0.25) is 11.8 Å². The molecule has 0 radical (unpaired) electrons. The van der Waals surface area contributed by atoms with Gasteiger partial charge in [0, 0.05) is 6.54 Å². The van der Waals surface area contributed by atoms with Crippen LogP contribution in [0.4, 0.5) is 5.69 Å². The third kappa shape index (κ3) is 6.03. The third-order valence-electron chi connectivity index (χ3n) is 7.36. The maximum absolute atomic E-state index is 13.7. The number of para-hydroxylation sites is 2. The normalized spacial score (nSPS) is 19.6. The minimum Gasteiger partial charge on any atom is -0.489 e.